The highest BCUT2D eigenvalue weighted by molar-refractivity contribution is 5.94. The lowest BCUT2D eigenvalue weighted by molar-refractivity contribution is 0.568. The molecule has 0 radical (unpaired) electrons. The topological polar surface area (TPSA) is 38.9 Å². The van der Waals surface area contributed by atoms with Crippen molar-refractivity contribution in [3.05, 3.63) is 84.8 Å². The Hall–Kier alpha value is -3.20. The Labute approximate surface area is 159 Å². The Kier molecular flexibility index (Phi) is 4.36. The molecule has 0 atom stereocenters. The Morgan fingerprint density at radius 1 is 0.704 bits per heavy atom. The van der Waals surface area contributed by atoms with Crippen LogP contribution in [0.1, 0.15) is 26.3 Å². The van der Waals surface area contributed by atoms with Gasteiger partial charge in [0.15, 0.2) is 0 Å². The van der Waals surface area contributed by atoms with E-state index in [1.165, 1.54) is 23.1 Å². The van der Waals surface area contributed by atoms with Crippen molar-refractivity contribution in [3.63, 3.8) is 0 Å². The van der Waals surface area contributed by atoms with Gasteiger partial charge >= 0.3 is 0 Å². The van der Waals surface area contributed by atoms with Gasteiger partial charge in [-0.05, 0) is 33.7 Å². The zero-order valence-electron chi connectivity index (χ0n) is 15.8. The molecule has 0 spiro atoms. The van der Waals surface area contributed by atoms with Gasteiger partial charge in [-0.3, -0.25) is 0 Å². The number of hydrogen-bond acceptors (Lipinski definition) is 3. The Morgan fingerprint density at radius 2 is 1.30 bits per heavy atom. The first-order valence-corrected chi connectivity index (χ1v) is 9.10. The number of nitrogens with zero attached hydrogens (tertiary/aromatic N) is 2. The molecular formula is C24H22N2O. The molecule has 0 N–H and O–H groups in total. The first-order valence-electron chi connectivity index (χ1n) is 9.10. The van der Waals surface area contributed by atoms with Crippen molar-refractivity contribution in [1.29, 1.82) is 0 Å². The quantitative estimate of drug-likeness (QED) is 0.429. The summed E-state index contributed by atoms with van der Waals surface area (Å²) in [5.41, 5.74) is 6.88. The van der Waals surface area contributed by atoms with E-state index in [4.69, 9.17) is 4.42 Å². The van der Waals surface area contributed by atoms with Crippen LogP contribution in [0, 0.1) is 0 Å². The fourth-order valence-corrected chi connectivity index (χ4v) is 3.51. The molecule has 3 heteroatoms. The zero-order valence-corrected chi connectivity index (χ0v) is 15.8. The maximum absolute atomic E-state index is 5.58. The Bertz CT molecular complexity index is 1030. The van der Waals surface area contributed by atoms with Crippen molar-refractivity contribution in [3.8, 4) is 33.7 Å². The third-order valence-electron chi connectivity index (χ3n) is 4.73. The highest BCUT2D eigenvalue weighted by atomic mass is 16.4. The van der Waals surface area contributed by atoms with Crippen LogP contribution in [0.3, 0.4) is 0 Å². The van der Waals surface area contributed by atoms with E-state index >= 15 is 0 Å². The molecule has 0 saturated carbocycles. The van der Waals surface area contributed by atoms with Gasteiger partial charge in [-0.1, -0.05) is 87.5 Å². The molecule has 0 aliphatic rings. The predicted octanol–water partition coefficient (Wildman–Crippen LogP) is 6.37. The smallest absolute Gasteiger partial charge is 0.248 e. The third kappa shape index (κ3) is 3.28. The van der Waals surface area contributed by atoms with Crippen molar-refractivity contribution in [2.75, 3.05) is 0 Å². The molecule has 0 amide bonds. The van der Waals surface area contributed by atoms with Crippen molar-refractivity contribution in [2.24, 2.45) is 0 Å². The van der Waals surface area contributed by atoms with E-state index < -0.39 is 0 Å². The lowest BCUT2D eigenvalue weighted by atomic mass is 9.77. The molecule has 1 aromatic heterocycles. The minimum atomic E-state index is -0.0118. The molecule has 0 unspecified atom stereocenters. The minimum Gasteiger partial charge on any atom is -0.423 e. The van der Waals surface area contributed by atoms with Gasteiger partial charge in [0.25, 0.3) is 0 Å². The standard InChI is InChI=1S/C24H22N2O/c1-24(2,3)20-15-14-19(23-26-25-16-27-23)21(17-10-6-4-7-11-17)22(20)18-12-8-5-9-13-18/h4-16H,1-3H3. The Morgan fingerprint density at radius 3 is 1.81 bits per heavy atom. The van der Waals surface area contributed by atoms with Crippen LogP contribution in [-0.4, -0.2) is 10.2 Å². The van der Waals surface area contributed by atoms with Gasteiger partial charge in [0.1, 0.15) is 0 Å². The van der Waals surface area contributed by atoms with Crippen LogP contribution in [-0.2, 0) is 5.41 Å². The lowest BCUT2D eigenvalue weighted by Crippen LogP contribution is -2.14. The molecule has 1 heterocycles. The summed E-state index contributed by atoms with van der Waals surface area (Å²) >= 11 is 0. The third-order valence-corrected chi connectivity index (χ3v) is 4.73. The monoisotopic (exact) mass is 354 g/mol. The number of rotatable bonds is 3. The summed E-state index contributed by atoms with van der Waals surface area (Å²) in [6.45, 7) is 6.74. The molecule has 0 saturated heterocycles. The summed E-state index contributed by atoms with van der Waals surface area (Å²) in [5, 5.41) is 8.07. The average molecular weight is 354 g/mol. The van der Waals surface area contributed by atoms with E-state index in [0.29, 0.717) is 5.89 Å². The number of hydrogen-bond donors (Lipinski definition) is 0. The van der Waals surface area contributed by atoms with Crippen molar-refractivity contribution in [1.82, 2.24) is 10.2 Å². The van der Waals surface area contributed by atoms with Gasteiger partial charge in [0, 0.05) is 11.1 Å². The second-order valence-corrected chi connectivity index (χ2v) is 7.64. The maximum Gasteiger partial charge on any atom is 0.248 e. The van der Waals surface area contributed by atoms with E-state index in [-0.39, 0.29) is 5.41 Å². The molecule has 4 rings (SSSR count). The molecule has 3 aromatic carbocycles. The molecular weight excluding hydrogens is 332 g/mol. The lowest BCUT2D eigenvalue weighted by Gasteiger charge is -2.27. The van der Waals surface area contributed by atoms with Crippen LogP contribution in [0.4, 0.5) is 0 Å². The summed E-state index contributed by atoms with van der Waals surface area (Å²) < 4.78 is 5.58. The molecule has 0 aliphatic heterocycles. The SMILES string of the molecule is CC(C)(C)c1ccc(-c2nnco2)c(-c2ccccc2)c1-c1ccccc1. The molecule has 0 aliphatic carbocycles. The summed E-state index contributed by atoms with van der Waals surface area (Å²) in [4.78, 5) is 0. The normalized spacial score (nSPS) is 11.5. The van der Waals surface area contributed by atoms with Gasteiger partial charge in [0.2, 0.25) is 12.3 Å². The minimum absolute atomic E-state index is 0.0118. The molecule has 4 aromatic rings. The molecule has 134 valence electrons. The maximum atomic E-state index is 5.58. The molecule has 27 heavy (non-hydrogen) atoms. The van der Waals surface area contributed by atoms with Crippen LogP contribution >= 0.6 is 0 Å². The molecule has 0 fully saturated rings. The summed E-state index contributed by atoms with van der Waals surface area (Å²) in [7, 11) is 0. The van der Waals surface area contributed by atoms with Gasteiger partial charge in [-0.25, -0.2) is 0 Å². The first-order chi connectivity index (χ1) is 13.1. The van der Waals surface area contributed by atoms with Gasteiger partial charge < -0.3 is 4.42 Å². The largest absolute Gasteiger partial charge is 0.423 e. The summed E-state index contributed by atoms with van der Waals surface area (Å²) in [6.07, 6.45) is 1.38. The molecule has 3 nitrogen and oxygen atoms in total. The van der Waals surface area contributed by atoms with Crippen LogP contribution < -0.4 is 0 Å². The van der Waals surface area contributed by atoms with Gasteiger partial charge in [-0.2, -0.15) is 0 Å². The van der Waals surface area contributed by atoms with Crippen LogP contribution in [0.5, 0.6) is 0 Å². The highest BCUT2D eigenvalue weighted by Crippen LogP contribution is 2.44. The van der Waals surface area contributed by atoms with Crippen LogP contribution in [0.2, 0.25) is 0 Å². The summed E-state index contributed by atoms with van der Waals surface area (Å²) in [6, 6.07) is 25.2. The second kappa shape index (κ2) is 6.84. The second-order valence-electron chi connectivity index (χ2n) is 7.64. The predicted molar refractivity (Wildman–Crippen MR) is 109 cm³/mol. The van der Waals surface area contributed by atoms with E-state index in [1.807, 2.05) is 12.1 Å². The van der Waals surface area contributed by atoms with E-state index in [9.17, 15) is 0 Å². The zero-order chi connectivity index (χ0) is 18.9. The van der Waals surface area contributed by atoms with Crippen LogP contribution in [0.25, 0.3) is 33.7 Å². The van der Waals surface area contributed by atoms with E-state index in [2.05, 4.69) is 91.6 Å². The first kappa shape index (κ1) is 17.2. The summed E-state index contributed by atoms with van der Waals surface area (Å²) in [5.74, 6) is 0.534. The highest BCUT2D eigenvalue weighted by Gasteiger charge is 2.25. The van der Waals surface area contributed by atoms with Crippen molar-refractivity contribution < 1.29 is 4.42 Å². The van der Waals surface area contributed by atoms with Crippen molar-refractivity contribution in [2.45, 2.75) is 26.2 Å². The number of aromatic nitrogens is 2. The Balaban J connectivity index is 2.14. The van der Waals surface area contributed by atoms with Gasteiger partial charge in [-0.15, -0.1) is 10.2 Å². The van der Waals surface area contributed by atoms with E-state index in [0.717, 1.165) is 16.7 Å². The fourth-order valence-electron chi connectivity index (χ4n) is 3.51. The number of benzene rings is 3. The molecule has 0 bridgehead atoms. The van der Waals surface area contributed by atoms with Gasteiger partial charge in [0.05, 0.1) is 0 Å². The van der Waals surface area contributed by atoms with E-state index in [1.54, 1.807) is 0 Å². The average Bonchev–Trinajstić information content (AvgIpc) is 3.22. The van der Waals surface area contributed by atoms with Crippen LogP contribution in [0.15, 0.2) is 83.6 Å². The fraction of sp³-hybridized carbons (Fsp3) is 0.167. The van der Waals surface area contributed by atoms with Crippen molar-refractivity contribution >= 4 is 0 Å².